The number of hydrogen-bond acceptors (Lipinski definition) is 5. The van der Waals surface area contributed by atoms with Gasteiger partial charge in [-0.3, -0.25) is 0 Å². The summed E-state index contributed by atoms with van der Waals surface area (Å²) >= 11 is 0. The molecule has 28 heavy (non-hydrogen) atoms. The molecule has 2 aromatic heterocycles. The monoisotopic (exact) mass is 373 g/mol. The summed E-state index contributed by atoms with van der Waals surface area (Å²) in [6.07, 6.45) is 1.78. The summed E-state index contributed by atoms with van der Waals surface area (Å²) in [4.78, 5) is 9.19. The molecular weight excluding hydrogens is 350 g/mol. The van der Waals surface area contributed by atoms with Crippen molar-refractivity contribution in [2.75, 3.05) is 12.4 Å². The van der Waals surface area contributed by atoms with E-state index < -0.39 is 0 Å². The lowest BCUT2D eigenvalue weighted by atomic mass is 10.1. The molecule has 2 aromatic carbocycles. The number of aromatic nitrogens is 2. The van der Waals surface area contributed by atoms with Crippen molar-refractivity contribution < 1.29 is 9.15 Å². The number of rotatable bonds is 5. The van der Waals surface area contributed by atoms with E-state index in [0.29, 0.717) is 0 Å². The number of nitrogens with zero attached hydrogens (tertiary/aromatic N) is 2. The lowest BCUT2D eigenvalue weighted by Crippen LogP contribution is -2.09. The predicted molar refractivity (Wildman–Crippen MR) is 112 cm³/mol. The Morgan fingerprint density at radius 3 is 2.54 bits per heavy atom. The first-order valence-corrected chi connectivity index (χ1v) is 9.28. The van der Waals surface area contributed by atoms with Gasteiger partial charge in [0.05, 0.1) is 19.1 Å². The molecule has 0 saturated carbocycles. The van der Waals surface area contributed by atoms with Crippen molar-refractivity contribution >= 4 is 16.8 Å². The largest absolute Gasteiger partial charge is 0.497 e. The van der Waals surface area contributed by atoms with Crippen LogP contribution in [0.1, 0.15) is 29.9 Å². The lowest BCUT2D eigenvalue weighted by Gasteiger charge is -2.16. The molecule has 0 radical (unpaired) electrons. The molecule has 0 aliphatic rings. The third-order valence-corrected chi connectivity index (χ3v) is 4.88. The maximum atomic E-state index is 5.55. The van der Waals surface area contributed by atoms with E-state index >= 15 is 0 Å². The number of nitrogens with one attached hydrogen (secondary N) is 1. The molecule has 5 heteroatoms. The maximum absolute atomic E-state index is 5.55. The molecule has 0 aliphatic carbocycles. The second kappa shape index (κ2) is 7.35. The highest BCUT2D eigenvalue weighted by Crippen LogP contribution is 2.28. The zero-order valence-corrected chi connectivity index (χ0v) is 16.5. The van der Waals surface area contributed by atoms with E-state index in [4.69, 9.17) is 9.15 Å². The van der Waals surface area contributed by atoms with Gasteiger partial charge in [0.25, 0.3) is 0 Å². The molecule has 0 amide bonds. The van der Waals surface area contributed by atoms with Crippen LogP contribution in [0.3, 0.4) is 0 Å². The molecule has 0 saturated heterocycles. The van der Waals surface area contributed by atoms with Crippen molar-refractivity contribution in [1.29, 1.82) is 0 Å². The summed E-state index contributed by atoms with van der Waals surface area (Å²) in [5.74, 6) is 2.38. The van der Waals surface area contributed by atoms with Gasteiger partial charge in [0.1, 0.15) is 23.0 Å². The molecule has 0 aliphatic heterocycles. The van der Waals surface area contributed by atoms with Crippen LogP contribution in [0.5, 0.6) is 5.75 Å². The molecule has 142 valence electrons. The van der Waals surface area contributed by atoms with Gasteiger partial charge in [0, 0.05) is 23.1 Å². The van der Waals surface area contributed by atoms with E-state index in [1.165, 1.54) is 0 Å². The van der Waals surface area contributed by atoms with Crippen LogP contribution in [0.15, 0.2) is 59.2 Å². The summed E-state index contributed by atoms with van der Waals surface area (Å²) < 4.78 is 10.8. The van der Waals surface area contributed by atoms with Gasteiger partial charge >= 0.3 is 0 Å². The fraction of sp³-hybridized carbons (Fsp3) is 0.217. The minimum atomic E-state index is 0.103. The Morgan fingerprint density at radius 1 is 1.00 bits per heavy atom. The van der Waals surface area contributed by atoms with E-state index in [-0.39, 0.29) is 6.04 Å². The molecule has 5 nitrogen and oxygen atoms in total. The summed E-state index contributed by atoms with van der Waals surface area (Å²) in [6, 6.07) is 16.3. The Hall–Kier alpha value is -3.34. The Labute approximate surface area is 164 Å². The molecule has 0 fully saturated rings. The van der Waals surface area contributed by atoms with Gasteiger partial charge in [-0.25, -0.2) is 9.97 Å². The van der Waals surface area contributed by atoms with Crippen molar-refractivity contribution in [3.8, 4) is 17.0 Å². The first-order chi connectivity index (χ1) is 13.5. The highest BCUT2D eigenvalue weighted by Gasteiger charge is 2.11. The van der Waals surface area contributed by atoms with Crippen molar-refractivity contribution in [2.45, 2.75) is 26.8 Å². The number of furan rings is 1. The fourth-order valence-corrected chi connectivity index (χ4v) is 3.30. The number of anilines is 1. The number of aryl methyl sites for hydroxylation is 2. The fourth-order valence-electron chi connectivity index (χ4n) is 3.30. The molecule has 0 bridgehead atoms. The third kappa shape index (κ3) is 3.56. The molecule has 4 rings (SSSR count). The van der Waals surface area contributed by atoms with Gasteiger partial charge in [-0.1, -0.05) is 12.1 Å². The average molecular weight is 373 g/mol. The Morgan fingerprint density at radius 2 is 1.79 bits per heavy atom. The van der Waals surface area contributed by atoms with Crippen molar-refractivity contribution in [3.05, 3.63) is 71.7 Å². The summed E-state index contributed by atoms with van der Waals surface area (Å²) in [5, 5.41) is 4.59. The smallest absolute Gasteiger partial charge is 0.134 e. The Bertz CT molecular complexity index is 1120. The lowest BCUT2D eigenvalue weighted by molar-refractivity contribution is 0.414. The van der Waals surface area contributed by atoms with E-state index in [1.807, 2.05) is 44.2 Å². The van der Waals surface area contributed by atoms with Gasteiger partial charge in [-0.2, -0.15) is 0 Å². The third-order valence-electron chi connectivity index (χ3n) is 4.88. The zero-order valence-electron chi connectivity index (χ0n) is 16.5. The van der Waals surface area contributed by atoms with Gasteiger partial charge in [0.15, 0.2) is 0 Å². The average Bonchev–Trinajstić information content (AvgIpc) is 3.08. The SMILES string of the molecule is COc1ccc([C@H](C)Nc2cc(-c3ccc4occ(C)c4c3)nc(C)n2)cc1. The first-order valence-electron chi connectivity index (χ1n) is 9.28. The summed E-state index contributed by atoms with van der Waals surface area (Å²) in [5.41, 5.74) is 5.10. The molecule has 2 heterocycles. The normalized spacial score (nSPS) is 12.1. The van der Waals surface area contributed by atoms with Gasteiger partial charge in [0.2, 0.25) is 0 Å². The van der Waals surface area contributed by atoms with Gasteiger partial charge < -0.3 is 14.5 Å². The van der Waals surface area contributed by atoms with Gasteiger partial charge in [-0.05, 0) is 62.2 Å². The van der Waals surface area contributed by atoms with Crippen LogP contribution in [-0.2, 0) is 0 Å². The molecule has 0 spiro atoms. The van der Waals surface area contributed by atoms with E-state index in [2.05, 4.69) is 40.4 Å². The quantitative estimate of drug-likeness (QED) is 0.487. The highest BCUT2D eigenvalue weighted by atomic mass is 16.5. The van der Waals surface area contributed by atoms with Crippen molar-refractivity contribution in [1.82, 2.24) is 9.97 Å². The number of benzene rings is 2. The van der Waals surface area contributed by atoms with Crippen molar-refractivity contribution in [3.63, 3.8) is 0 Å². The standard InChI is InChI=1S/C23H23N3O2/c1-14-13-28-22-10-7-18(11-20(14)22)21-12-23(26-16(3)25-21)24-15(2)17-5-8-19(27-4)9-6-17/h5-13,15H,1-4H3,(H,24,25,26)/t15-/m0/s1. The number of fused-ring (bicyclic) bond motifs is 1. The van der Waals surface area contributed by atoms with Gasteiger partial charge in [-0.15, -0.1) is 0 Å². The topological polar surface area (TPSA) is 60.2 Å². The van der Waals surface area contributed by atoms with Crippen LogP contribution >= 0.6 is 0 Å². The minimum Gasteiger partial charge on any atom is -0.497 e. The van der Waals surface area contributed by atoms with Crippen LogP contribution in [-0.4, -0.2) is 17.1 Å². The van der Waals surface area contributed by atoms with Crippen LogP contribution in [0.25, 0.3) is 22.2 Å². The van der Waals surface area contributed by atoms with E-state index in [1.54, 1.807) is 13.4 Å². The number of hydrogen-bond donors (Lipinski definition) is 1. The number of ether oxygens (including phenoxy) is 1. The van der Waals surface area contributed by atoms with E-state index in [0.717, 1.165) is 50.7 Å². The molecule has 1 atom stereocenters. The highest BCUT2D eigenvalue weighted by molar-refractivity contribution is 5.85. The van der Waals surface area contributed by atoms with E-state index in [9.17, 15) is 0 Å². The van der Waals surface area contributed by atoms with Crippen LogP contribution in [0, 0.1) is 13.8 Å². The number of methoxy groups -OCH3 is 1. The van der Waals surface area contributed by atoms with Crippen LogP contribution in [0.2, 0.25) is 0 Å². The Balaban J connectivity index is 1.63. The molecule has 0 unspecified atom stereocenters. The predicted octanol–water partition coefficient (Wildman–Crippen LogP) is 5.69. The Kier molecular flexibility index (Phi) is 4.74. The summed E-state index contributed by atoms with van der Waals surface area (Å²) in [7, 11) is 1.67. The second-order valence-electron chi connectivity index (χ2n) is 6.95. The van der Waals surface area contributed by atoms with Crippen LogP contribution < -0.4 is 10.1 Å². The minimum absolute atomic E-state index is 0.103. The molecule has 1 N–H and O–H groups in total. The van der Waals surface area contributed by atoms with Crippen molar-refractivity contribution in [2.24, 2.45) is 0 Å². The molecule has 4 aromatic rings. The first kappa shape index (κ1) is 18.0. The second-order valence-corrected chi connectivity index (χ2v) is 6.95. The summed E-state index contributed by atoms with van der Waals surface area (Å²) in [6.45, 7) is 6.07. The molecular formula is C23H23N3O2. The van der Waals surface area contributed by atoms with Crippen LogP contribution in [0.4, 0.5) is 5.82 Å². The zero-order chi connectivity index (χ0) is 19.7. The maximum Gasteiger partial charge on any atom is 0.134 e.